The van der Waals surface area contributed by atoms with Gasteiger partial charge in [0.1, 0.15) is 5.82 Å². The molecule has 10 heavy (non-hydrogen) atoms. The highest BCUT2D eigenvalue weighted by Gasteiger charge is 1.98. The van der Waals surface area contributed by atoms with E-state index in [0.29, 0.717) is 0 Å². The first-order valence-corrected chi connectivity index (χ1v) is 2.71. The number of benzene rings is 1. The maximum Gasteiger partial charge on any atom is 0.269 e. The summed E-state index contributed by atoms with van der Waals surface area (Å²) in [5.74, 6) is -1.19. The number of halogens is 1. The maximum absolute atomic E-state index is 12.2. The van der Waals surface area contributed by atoms with Gasteiger partial charge in [-0.3, -0.25) is 10.5 Å². The van der Waals surface area contributed by atoms with Crippen LogP contribution < -0.4 is 5.73 Å². The molecule has 0 fully saturated rings. The summed E-state index contributed by atoms with van der Waals surface area (Å²) in [6, 6.07) is 4.87. The van der Waals surface area contributed by atoms with E-state index in [1.165, 1.54) is 12.1 Å². The predicted octanol–water partition coefficient (Wildman–Crippen LogP) is 1.25. The van der Waals surface area contributed by atoms with Gasteiger partial charge in [0.2, 0.25) is 0 Å². The molecule has 51 valence electrons. The molecule has 0 aliphatic rings. The van der Waals surface area contributed by atoms with Crippen molar-refractivity contribution < 1.29 is 9.18 Å². The van der Waals surface area contributed by atoms with Crippen LogP contribution in [-0.2, 0) is 0 Å². The van der Waals surface area contributed by atoms with Crippen molar-refractivity contribution in [1.29, 1.82) is 0 Å². The first kappa shape index (κ1) is 6.74. The second kappa shape index (κ2) is 2.47. The molecule has 0 saturated heterocycles. The van der Waals surface area contributed by atoms with Crippen molar-refractivity contribution >= 4 is 5.91 Å². The predicted molar refractivity (Wildman–Crippen MR) is 33.8 cm³/mol. The SMILES string of the molecule is [NH]C(=O)c1ccc(F)cc1. The van der Waals surface area contributed by atoms with Gasteiger partial charge in [0.25, 0.3) is 5.91 Å². The molecular weight excluding hydrogens is 133 g/mol. The van der Waals surface area contributed by atoms with Crippen LogP contribution >= 0.6 is 0 Å². The van der Waals surface area contributed by atoms with Crippen LogP contribution in [0.5, 0.6) is 0 Å². The van der Waals surface area contributed by atoms with Crippen LogP contribution in [0.1, 0.15) is 10.4 Å². The van der Waals surface area contributed by atoms with Gasteiger partial charge >= 0.3 is 0 Å². The highest BCUT2D eigenvalue weighted by Crippen LogP contribution is 2.01. The largest absolute Gasteiger partial charge is 0.269 e. The number of carbonyl (C=O) groups is 1. The Hall–Kier alpha value is -1.38. The zero-order chi connectivity index (χ0) is 7.56. The van der Waals surface area contributed by atoms with Gasteiger partial charge in [-0.2, -0.15) is 0 Å². The van der Waals surface area contributed by atoms with Gasteiger partial charge in [-0.15, -0.1) is 0 Å². The first-order valence-electron chi connectivity index (χ1n) is 2.71. The molecule has 0 atom stereocenters. The third-order valence-electron chi connectivity index (χ3n) is 1.11. The van der Waals surface area contributed by atoms with Crippen LogP contribution in [0.25, 0.3) is 0 Å². The summed E-state index contributed by atoms with van der Waals surface area (Å²) < 4.78 is 12.2. The molecule has 0 bridgehead atoms. The number of rotatable bonds is 1. The Morgan fingerprint density at radius 2 is 1.80 bits per heavy atom. The Balaban J connectivity index is 3.00. The lowest BCUT2D eigenvalue weighted by Gasteiger charge is -1.90. The fraction of sp³-hybridized carbons (Fsp3) is 0. The van der Waals surface area contributed by atoms with Gasteiger partial charge in [-0.25, -0.2) is 4.39 Å². The number of hydrogen-bond acceptors (Lipinski definition) is 1. The normalized spacial score (nSPS) is 9.30. The Kier molecular flexibility index (Phi) is 1.67. The molecule has 0 heterocycles. The maximum atomic E-state index is 12.2. The average Bonchev–Trinajstić information content (AvgIpc) is 1.88. The molecule has 1 radical (unpaired) electrons. The number of amides is 1. The van der Waals surface area contributed by atoms with E-state index in [-0.39, 0.29) is 5.56 Å². The van der Waals surface area contributed by atoms with Crippen molar-refractivity contribution in [2.24, 2.45) is 0 Å². The van der Waals surface area contributed by atoms with Crippen LogP contribution in [0.2, 0.25) is 0 Å². The van der Waals surface area contributed by atoms with E-state index in [0.717, 1.165) is 12.1 Å². The van der Waals surface area contributed by atoms with E-state index in [4.69, 9.17) is 5.73 Å². The van der Waals surface area contributed by atoms with Crippen LogP contribution in [0.4, 0.5) is 4.39 Å². The molecule has 0 aromatic heterocycles. The van der Waals surface area contributed by atoms with Gasteiger partial charge in [0, 0.05) is 5.56 Å². The summed E-state index contributed by atoms with van der Waals surface area (Å²) in [4.78, 5) is 10.3. The molecule has 2 nitrogen and oxygen atoms in total. The third kappa shape index (κ3) is 1.31. The zero-order valence-electron chi connectivity index (χ0n) is 5.10. The highest BCUT2D eigenvalue weighted by molar-refractivity contribution is 5.91. The Bertz CT molecular complexity index is 242. The van der Waals surface area contributed by atoms with Gasteiger partial charge in [0.15, 0.2) is 0 Å². The van der Waals surface area contributed by atoms with Crippen LogP contribution in [0.15, 0.2) is 24.3 Å². The summed E-state index contributed by atoms with van der Waals surface area (Å²) in [6.07, 6.45) is 0. The summed E-state index contributed by atoms with van der Waals surface area (Å²) in [6.45, 7) is 0. The Morgan fingerprint density at radius 1 is 1.30 bits per heavy atom. The summed E-state index contributed by atoms with van der Waals surface area (Å²) in [7, 11) is 0. The monoisotopic (exact) mass is 138 g/mol. The molecule has 1 N–H and O–H groups in total. The van der Waals surface area contributed by atoms with E-state index in [2.05, 4.69) is 0 Å². The van der Waals surface area contributed by atoms with Crippen molar-refractivity contribution in [3.05, 3.63) is 35.6 Å². The minimum Gasteiger partial charge on any atom is -0.267 e. The molecule has 0 spiro atoms. The summed E-state index contributed by atoms with van der Waals surface area (Å²) >= 11 is 0. The topological polar surface area (TPSA) is 40.9 Å². The molecule has 1 aromatic carbocycles. The lowest BCUT2D eigenvalue weighted by molar-refractivity contribution is 0.0992. The van der Waals surface area contributed by atoms with E-state index in [9.17, 15) is 9.18 Å². The lowest BCUT2D eigenvalue weighted by Crippen LogP contribution is -1.97. The Morgan fingerprint density at radius 3 is 2.20 bits per heavy atom. The van der Waals surface area contributed by atoms with Crippen molar-refractivity contribution in [2.45, 2.75) is 0 Å². The van der Waals surface area contributed by atoms with E-state index in [1.54, 1.807) is 0 Å². The summed E-state index contributed by atoms with van der Waals surface area (Å²) in [5, 5.41) is 0. The molecule has 0 unspecified atom stereocenters. The quantitative estimate of drug-likeness (QED) is 0.575. The van der Waals surface area contributed by atoms with Gasteiger partial charge < -0.3 is 0 Å². The minimum absolute atomic E-state index is 0.210. The smallest absolute Gasteiger partial charge is 0.267 e. The highest BCUT2D eigenvalue weighted by atomic mass is 19.1. The van der Waals surface area contributed by atoms with Crippen molar-refractivity contribution in [3.8, 4) is 0 Å². The van der Waals surface area contributed by atoms with Gasteiger partial charge in [-0.05, 0) is 24.3 Å². The van der Waals surface area contributed by atoms with Crippen LogP contribution in [0, 0.1) is 5.82 Å². The third-order valence-corrected chi connectivity index (χ3v) is 1.11. The Labute approximate surface area is 57.5 Å². The van der Waals surface area contributed by atoms with Crippen molar-refractivity contribution in [2.75, 3.05) is 0 Å². The number of nitrogens with one attached hydrogen (secondary N) is 1. The van der Waals surface area contributed by atoms with E-state index >= 15 is 0 Å². The minimum atomic E-state index is -0.792. The second-order valence-corrected chi connectivity index (χ2v) is 1.84. The fourth-order valence-electron chi connectivity index (χ4n) is 0.601. The number of carbonyl (C=O) groups excluding carboxylic acids is 1. The molecule has 0 aliphatic heterocycles. The van der Waals surface area contributed by atoms with Gasteiger partial charge in [0.05, 0.1) is 0 Å². The molecule has 0 aliphatic carbocycles. The fourth-order valence-corrected chi connectivity index (χ4v) is 0.601. The molecule has 0 saturated carbocycles. The van der Waals surface area contributed by atoms with E-state index in [1.807, 2.05) is 0 Å². The second-order valence-electron chi connectivity index (χ2n) is 1.84. The van der Waals surface area contributed by atoms with E-state index < -0.39 is 11.7 Å². The molecule has 1 amide bonds. The van der Waals surface area contributed by atoms with Crippen LogP contribution in [0.3, 0.4) is 0 Å². The average molecular weight is 138 g/mol. The number of hydrogen-bond donors (Lipinski definition) is 0. The standard InChI is InChI=1S/C7H5FNO/c8-6-3-1-5(2-4-6)7(9)10/h1-4,9H. The van der Waals surface area contributed by atoms with Crippen molar-refractivity contribution in [3.63, 3.8) is 0 Å². The first-order chi connectivity index (χ1) is 4.70. The lowest BCUT2D eigenvalue weighted by atomic mass is 10.2. The molecule has 3 heteroatoms. The molecular formula is C7H5FNO. The molecule has 1 aromatic rings. The van der Waals surface area contributed by atoms with Crippen molar-refractivity contribution in [1.82, 2.24) is 5.73 Å². The van der Waals surface area contributed by atoms with Crippen LogP contribution in [-0.4, -0.2) is 5.91 Å². The van der Waals surface area contributed by atoms with Gasteiger partial charge in [-0.1, -0.05) is 0 Å². The zero-order valence-corrected chi connectivity index (χ0v) is 5.10. The molecule has 1 rings (SSSR count). The summed E-state index contributed by atoms with van der Waals surface area (Å²) in [5.41, 5.74) is 6.84.